The zero-order chi connectivity index (χ0) is 12.7. The molecule has 0 heterocycles. The van der Waals surface area contributed by atoms with Crippen LogP contribution in [-0.4, -0.2) is 50.8 Å². The number of carbonyl (C=O) groups excluding carboxylic acids is 1. The summed E-state index contributed by atoms with van der Waals surface area (Å²) >= 11 is 0. The van der Waals surface area contributed by atoms with Crippen molar-refractivity contribution in [3.8, 4) is 0 Å². The molecule has 1 saturated carbocycles. The van der Waals surface area contributed by atoms with Crippen molar-refractivity contribution in [2.24, 2.45) is 0 Å². The van der Waals surface area contributed by atoms with Crippen molar-refractivity contribution in [3.63, 3.8) is 0 Å². The van der Waals surface area contributed by atoms with Gasteiger partial charge in [0.05, 0.1) is 13.2 Å². The van der Waals surface area contributed by atoms with Gasteiger partial charge in [0.25, 0.3) is 0 Å². The van der Waals surface area contributed by atoms with E-state index in [1.54, 1.807) is 7.11 Å². The first-order valence-corrected chi connectivity index (χ1v) is 6.47. The molecule has 0 aromatic rings. The highest BCUT2D eigenvalue weighted by molar-refractivity contribution is 5.69. The van der Waals surface area contributed by atoms with E-state index in [-0.39, 0.29) is 5.97 Å². The van der Waals surface area contributed by atoms with Crippen molar-refractivity contribution < 1.29 is 14.3 Å². The minimum absolute atomic E-state index is 0.114. The molecule has 100 valence electrons. The summed E-state index contributed by atoms with van der Waals surface area (Å²) in [6.45, 7) is 0.955. The smallest absolute Gasteiger partial charge is 0.305 e. The average molecular weight is 243 g/mol. The van der Waals surface area contributed by atoms with E-state index < -0.39 is 0 Å². The van der Waals surface area contributed by atoms with E-state index in [2.05, 4.69) is 16.7 Å². The number of nitrogens with zero attached hydrogens (tertiary/aromatic N) is 1. The van der Waals surface area contributed by atoms with Crippen LogP contribution in [0.1, 0.15) is 38.5 Å². The highest BCUT2D eigenvalue weighted by atomic mass is 16.5. The van der Waals surface area contributed by atoms with Crippen LogP contribution in [0.3, 0.4) is 0 Å². The fraction of sp³-hybridized carbons (Fsp3) is 0.923. The molecule has 0 N–H and O–H groups in total. The van der Waals surface area contributed by atoms with Crippen LogP contribution in [-0.2, 0) is 14.3 Å². The Hall–Kier alpha value is -0.610. The fourth-order valence-corrected chi connectivity index (χ4v) is 2.49. The van der Waals surface area contributed by atoms with Gasteiger partial charge in [0.2, 0.25) is 0 Å². The molecule has 2 atom stereocenters. The molecule has 1 aliphatic carbocycles. The molecule has 0 saturated heterocycles. The predicted molar refractivity (Wildman–Crippen MR) is 66.9 cm³/mol. The highest BCUT2D eigenvalue weighted by Crippen LogP contribution is 2.24. The zero-order valence-electron chi connectivity index (χ0n) is 11.3. The maximum atomic E-state index is 11.0. The SMILES string of the molecule is COC(=O)CCCN(C)C1CCCC(OC)C1. The van der Waals surface area contributed by atoms with E-state index in [4.69, 9.17) is 4.74 Å². The first-order chi connectivity index (χ1) is 8.17. The van der Waals surface area contributed by atoms with E-state index in [0.717, 1.165) is 19.4 Å². The maximum Gasteiger partial charge on any atom is 0.305 e. The first kappa shape index (κ1) is 14.5. The Balaban J connectivity index is 2.22. The summed E-state index contributed by atoms with van der Waals surface area (Å²) in [5.74, 6) is -0.114. The van der Waals surface area contributed by atoms with Crippen LogP contribution < -0.4 is 0 Å². The number of hydrogen-bond acceptors (Lipinski definition) is 4. The van der Waals surface area contributed by atoms with Crippen LogP contribution in [0, 0.1) is 0 Å². The van der Waals surface area contributed by atoms with Crippen LogP contribution in [0.2, 0.25) is 0 Å². The number of hydrogen-bond donors (Lipinski definition) is 0. The predicted octanol–water partition coefficient (Wildman–Crippen LogP) is 1.83. The summed E-state index contributed by atoms with van der Waals surface area (Å²) in [7, 11) is 5.38. The van der Waals surface area contributed by atoms with Crippen molar-refractivity contribution in [2.45, 2.75) is 50.7 Å². The van der Waals surface area contributed by atoms with Gasteiger partial charge in [-0.05, 0) is 45.7 Å². The van der Waals surface area contributed by atoms with E-state index >= 15 is 0 Å². The third-order valence-electron chi connectivity index (χ3n) is 3.67. The summed E-state index contributed by atoms with van der Waals surface area (Å²) < 4.78 is 10.1. The Kier molecular flexibility index (Phi) is 6.52. The van der Waals surface area contributed by atoms with Crippen LogP contribution in [0.4, 0.5) is 0 Å². The van der Waals surface area contributed by atoms with E-state index in [1.807, 2.05) is 0 Å². The molecule has 1 aliphatic rings. The van der Waals surface area contributed by atoms with Gasteiger partial charge in [-0.1, -0.05) is 0 Å². The molecule has 0 spiro atoms. The van der Waals surface area contributed by atoms with Gasteiger partial charge in [-0.25, -0.2) is 0 Å². The van der Waals surface area contributed by atoms with Crippen molar-refractivity contribution in [1.29, 1.82) is 0 Å². The van der Waals surface area contributed by atoms with E-state index in [9.17, 15) is 4.79 Å². The molecule has 0 radical (unpaired) electrons. The number of ether oxygens (including phenoxy) is 2. The molecular weight excluding hydrogens is 218 g/mol. The second-order valence-corrected chi connectivity index (χ2v) is 4.84. The molecule has 0 aromatic heterocycles. The number of rotatable bonds is 6. The standard InChI is InChI=1S/C13H25NO3/c1-14(9-5-8-13(15)17-3)11-6-4-7-12(10-11)16-2/h11-12H,4-10H2,1-3H3. The third kappa shape index (κ3) is 5.04. The lowest BCUT2D eigenvalue weighted by molar-refractivity contribution is -0.140. The lowest BCUT2D eigenvalue weighted by Gasteiger charge is -2.34. The van der Waals surface area contributed by atoms with Crippen LogP contribution in [0.15, 0.2) is 0 Å². The van der Waals surface area contributed by atoms with Gasteiger partial charge in [-0.15, -0.1) is 0 Å². The lowest BCUT2D eigenvalue weighted by Crippen LogP contribution is -2.38. The van der Waals surface area contributed by atoms with Gasteiger partial charge < -0.3 is 14.4 Å². The molecule has 4 heteroatoms. The topological polar surface area (TPSA) is 38.8 Å². The molecule has 0 bridgehead atoms. The summed E-state index contributed by atoms with van der Waals surface area (Å²) in [5, 5.41) is 0. The van der Waals surface area contributed by atoms with Crippen LogP contribution in [0.5, 0.6) is 0 Å². The summed E-state index contributed by atoms with van der Waals surface area (Å²) in [6.07, 6.45) is 6.59. The molecule has 1 rings (SSSR count). The summed E-state index contributed by atoms with van der Waals surface area (Å²) in [4.78, 5) is 13.4. The van der Waals surface area contributed by atoms with Gasteiger partial charge in [0.1, 0.15) is 0 Å². The first-order valence-electron chi connectivity index (χ1n) is 6.47. The minimum atomic E-state index is -0.114. The Morgan fingerprint density at radius 2 is 2.12 bits per heavy atom. The molecular formula is C13H25NO3. The van der Waals surface area contributed by atoms with Crippen molar-refractivity contribution in [3.05, 3.63) is 0 Å². The molecule has 0 aromatic carbocycles. The van der Waals surface area contributed by atoms with Crippen LogP contribution in [0.25, 0.3) is 0 Å². The fourth-order valence-electron chi connectivity index (χ4n) is 2.49. The average Bonchev–Trinajstić information content (AvgIpc) is 2.38. The van der Waals surface area contributed by atoms with Gasteiger partial charge in [-0.2, -0.15) is 0 Å². The number of esters is 1. The van der Waals surface area contributed by atoms with Gasteiger partial charge in [0, 0.05) is 19.6 Å². The van der Waals surface area contributed by atoms with E-state index in [0.29, 0.717) is 18.6 Å². The summed E-state index contributed by atoms with van der Waals surface area (Å²) in [5.41, 5.74) is 0. The van der Waals surface area contributed by atoms with Crippen molar-refractivity contribution in [2.75, 3.05) is 27.8 Å². The lowest BCUT2D eigenvalue weighted by atomic mass is 9.92. The molecule has 1 fully saturated rings. The van der Waals surface area contributed by atoms with Gasteiger partial charge >= 0.3 is 5.97 Å². The van der Waals surface area contributed by atoms with Gasteiger partial charge in [-0.3, -0.25) is 4.79 Å². The Morgan fingerprint density at radius 3 is 2.76 bits per heavy atom. The maximum absolute atomic E-state index is 11.0. The summed E-state index contributed by atoms with van der Waals surface area (Å²) in [6, 6.07) is 0.603. The normalized spacial score (nSPS) is 24.9. The zero-order valence-corrected chi connectivity index (χ0v) is 11.3. The molecule has 4 nitrogen and oxygen atoms in total. The third-order valence-corrected chi connectivity index (χ3v) is 3.67. The highest BCUT2D eigenvalue weighted by Gasteiger charge is 2.24. The molecule has 17 heavy (non-hydrogen) atoms. The Labute approximate surface area is 104 Å². The molecule has 0 aliphatic heterocycles. The van der Waals surface area contributed by atoms with Gasteiger partial charge in [0.15, 0.2) is 0 Å². The second-order valence-electron chi connectivity index (χ2n) is 4.84. The molecule has 0 amide bonds. The van der Waals surface area contributed by atoms with Crippen molar-refractivity contribution in [1.82, 2.24) is 4.90 Å². The Morgan fingerprint density at radius 1 is 1.35 bits per heavy atom. The minimum Gasteiger partial charge on any atom is -0.469 e. The number of methoxy groups -OCH3 is 2. The van der Waals surface area contributed by atoms with E-state index in [1.165, 1.54) is 26.4 Å². The molecule has 2 unspecified atom stereocenters. The number of carbonyl (C=O) groups is 1. The van der Waals surface area contributed by atoms with Crippen LogP contribution >= 0.6 is 0 Å². The second kappa shape index (κ2) is 7.67. The monoisotopic (exact) mass is 243 g/mol. The van der Waals surface area contributed by atoms with Crippen molar-refractivity contribution >= 4 is 5.97 Å². The Bertz CT molecular complexity index is 233. The largest absolute Gasteiger partial charge is 0.469 e. The quantitative estimate of drug-likeness (QED) is 0.667.